The summed E-state index contributed by atoms with van der Waals surface area (Å²) in [6.07, 6.45) is -1.69. The molecule has 0 saturated heterocycles. The Hall–Kier alpha value is -4.10. The molecule has 4 N–H and O–H groups in total. The second-order valence-electron chi connectivity index (χ2n) is 7.78. The maximum atomic E-state index is 12.9. The molecule has 0 unspecified atom stereocenters. The van der Waals surface area contributed by atoms with E-state index in [1.807, 2.05) is 6.07 Å². The van der Waals surface area contributed by atoms with E-state index >= 15 is 0 Å². The van der Waals surface area contributed by atoms with Crippen LogP contribution in [0.3, 0.4) is 0 Å². The van der Waals surface area contributed by atoms with Gasteiger partial charge in [0, 0.05) is 5.71 Å². The zero-order chi connectivity index (χ0) is 25.5. The summed E-state index contributed by atoms with van der Waals surface area (Å²) in [6.45, 7) is 3.57. The van der Waals surface area contributed by atoms with E-state index in [-0.39, 0.29) is 28.4 Å². The Morgan fingerprint density at radius 1 is 1.18 bits per heavy atom. The van der Waals surface area contributed by atoms with Crippen LogP contribution in [-0.4, -0.2) is 35.7 Å². The van der Waals surface area contributed by atoms with E-state index in [0.717, 1.165) is 6.08 Å². The van der Waals surface area contributed by atoms with Crippen LogP contribution in [-0.2, 0) is 15.2 Å². The van der Waals surface area contributed by atoms with Crippen molar-refractivity contribution >= 4 is 28.9 Å². The topological polar surface area (TPSA) is 135 Å². The van der Waals surface area contributed by atoms with Crippen LogP contribution in [0.25, 0.3) is 0 Å². The third-order valence-electron chi connectivity index (χ3n) is 4.44. The zero-order valence-electron chi connectivity index (χ0n) is 18.8. The Bertz CT molecular complexity index is 1160. The van der Waals surface area contributed by atoms with Gasteiger partial charge in [-0.2, -0.15) is 5.26 Å². The molecule has 0 aliphatic rings. The minimum atomic E-state index is -2.72. The zero-order valence-corrected chi connectivity index (χ0v) is 18.8. The molecule has 0 fully saturated rings. The number of carbonyl (C=O) groups is 2. The standard InChI is InChI=1S/C24H24F2N4O4/c1-14(28)10-17(23(32)30-19-6-4-5-7-20(19)34-13-21(25)26)22(31)29-18-9-8-16(24(2,3)33)11-15(18)12-27/h4-11,21,28,33H,13H2,1-3H3,(H,29,31)(H,30,32)/b17-10-,28-14?. The van der Waals surface area contributed by atoms with E-state index in [9.17, 15) is 28.7 Å². The van der Waals surface area contributed by atoms with E-state index in [2.05, 4.69) is 10.6 Å². The molecule has 0 spiro atoms. The Morgan fingerprint density at radius 2 is 1.79 bits per heavy atom. The monoisotopic (exact) mass is 470 g/mol. The van der Waals surface area contributed by atoms with Gasteiger partial charge >= 0.3 is 0 Å². The Kier molecular flexibility index (Phi) is 8.58. The number of alkyl halides is 2. The fourth-order valence-electron chi connectivity index (χ4n) is 2.80. The highest BCUT2D eigenvalue weighted by Crippen LogP contribution is 2.27. The lowest BCUT2D eigenvalue weighted by molar-refractivity contribution is -0.118. The maximum absolute atomic E-state index is 12.9. The van der Waals surface area contributed by atoms with Crippen LogP contribution >= 0.6 is 0 Å². The van der Waals surface area contributed by atoms with Gasteiger partial charge in [-0.3, -0.25) is 9.59 Å². The van der Waals surface area contributed by atoms with Crippen molar-refractivity contribution in [2.24, 2.45) is 0 Å². The van der Waals surface area contributed by atoms with Crippen molar-refractivity contribution in [3.8, 4) is 11.8 Å². The minimum Gasteiger partial charge on any atom is -0.485 e. The lowest BCUT2D eigenvalue weighted by atomic mass is 9.96. The second kappa shape index (κ2) is 11.2. The van der Waals surface area contributed by atoms with Gasteiger partial charge in [-0.25, -0.2) is 8.78 Å². The first-order chi connectivity index (χ1) is 15.9. The molecule has 0 saturated carbocycles. The summed E-state index contributed by atoms with van der Waals surface area (Å²) in [5.74, 6) is -1.83. The van der Waals surface area contributed by atoms with Crippen molar-refractivity contribution in [3.63, 3.8) is 0 Å². The smallest absolute Gasteiger partial charge is 0.272 e. The number of rotatable bonds is 9. The molecule has 178 valence electrons. The highest BCUT2D eigenvalue weighted by Gasteiger charge is 2.23. The van der Waals surface area contributed by atoms with Crippen molar-refractivity contribution in [1.29, 1.82) is 10.7 Å². The normalized spacial score (nSPS) is 11.5. The highest BCUT2D eigenvalue weighted by molar-refractivity contribution is 6.28. The third-order valence-corrected chi connectivity index (χ3v) is 4.44. The van der Waals surface area contributed by atoms with Crippen LogP contribution in [0, 0.1) is 16.7 Å². The molecule has 2 aromatic carbocycles. The number of benzene rings is 2. The number of anilines is 2. The summed E-state index contributed by atoms with van der Waals surface area (Å²) in [5, 5.41) is 32.2. The fourth-order valence-corrected chi connectivity index (χ4v) is 2.80. The van der Waals surface area contributed by atoms with Gasteiger partial charge in [0.25, 0.3) is 18.2 Å². The molecule has 0 radical (unpaired) electrons. The maximum Gasteiger partial charge on any atom is 0.272 e. The molecule has 34 heavy (non-hydrogen) atoms. The number of halogens is 2. The number of nitrogens with zero attached hydrogens (tertiary/aromatic N) is 1. The van der Waals surface area contributed by atoms with Gasteiger partial charge in [0.05, 0.1) is 22.5 Å². The average molecular weight is 470 g/mol. The molecule has 0 heterocycles. The number of ether oxygens (including phenoxy) is 1. The molecule has 0 aliphatic carbocycles. The predicted molar refractivity (Wildman–Crippen MR) is 123 cm³/mol. The third kappa shape index (κ3) is 7.21. The van der Waals surface area contributed by atoms with Crippen LogP contribution in [0.5, 0.6) is 5.75 Å². The quantitative estimate of drug-likeness (QED) is 0.190. The van der Waals surface area contributed by atoms with Crippen molar-refractivity contribution in [3.05, 3.63) is 65.2 Å². The summed E-state index contributed by atoms with van der Waals surface area (Å²) < 4.78 is 30.0. The fraction of sp³-hybridized carbons (Fsp3) is 0.250. The van der Waals surface area contributed by atoms with E-state index in [0.29, 0.717) is 5.56 Å². The number of hydrogen-bond donors (Lipinski definition) is 4. The van der Waals surface area contributed by atoms with Crippen molar-refractivity contribution in [1.82, 2.24) is 0 Å². The second-order valence-corrected chi connectivity index (χ2v) is 7.78. The number of allylic oxidation sites excluding steroid dienone is 1. The lowest BCUT2D eigenvalue weighted by Crippen LogP contribution is -2.27. The van der Waals surface area contributed by atoms with Crippen LogP contribution in [0.1, 0.15) is 31.9 Å². The predicted octanol–water partition coefficient (Wildman–Crippen LogP) is 3.97. The molecule has 2 rings (SSSR count). The first kappa shape index (κ1) is 26.2. The van der Waals surface area contributed by atoms with Gasteiger partial charge in [0.15, 0.2) is 0 Å². The Morgan fingerprint density at radius 3 is 2.35 bits per heavy atom. The molecule has 8 nitrogen and oxygen atoms in total. The number of nitriles is 1. The van der Waals surface area contributed by atoms with Crippen LogP contribution in [0.15, 0.2) is 54.1 Å². The molecule has 0 aromatic heterocycles. The highest BCUT2D eigenvalue weighted by atomic mass is 19.3. The van der Waals surface area contributed by atoms with E-state index in [4.69, 9.17) is 10.1 Å². The number of nitrogens with one attached hydrogen (secondary N) is 3. The molecule has 2 amide bonds. The number of para-hydroxylation sites is 2. The lowest BCUT2D eigenvalue weighted by Gasteiger charge is -2.19. The van der Waals surface area contributed by atoms with Crippen LogP contribution in [0.4, 0.5) is 20.2 Å². The summed E-state index contributed by atoms with van der Waals surface area (Å²) in [6, 6.07) is 12.2. The first-order valence-electron chi connectivity index (χ1n) is 10.1. The molecular formula is C24H24F2N4O4. The summed E-state index contributed by atoms with van der Waals surface area (Å²) >= 11 is 0. The number of carbonyl (C=O) groups excluding carboxylic acids is 2. The number of aliphatic hydroxyl groups is 1. The van der Waals surface area contributed by atoms with Gasteiger partial charge in [0.1, 0.15) is 24.0 Å². The number of amides is 2. The van der Waals surface area contributed by atoms with E-state index < -0.39 is 36.0 Å². The van der Waals surface area contributed by atoms with Gasteiger partial charge < -0.3 is 25.9 Å². The first-order valence-corrected chi connectivity index (χ1v) is 10.1. The van der Waals surface area contributed by atoms with Gasteiger partial charge in [-0.15, -0.1) is 0 Å². The minimum absolute atomic E-state index is 0.0172. The summed E-state index contributed by atoms with van der Waals surface area (Å²) in [4.78, 5) is 25.8. The van der Waals surface area contributed by atoms with Crippen molar-refractivity contribution < 1.29 is 28.2 Å². The van der Waals surface area contributed by atoms with Gasteiger partial charge in [-0.05, 0) is 56.7 Å². The average Bonchev–Trinajstić information content (AvgIpc) is 2.76. The van der Waals surface area contributed by atoms with Crippen LogP contribution in [0.2, 0.25) is 0 Å². The van der Waals surface area contributed by atoms with Crippen molar-refractivity contribution in [2.45, 2.75) is 32.8 Å². The molecule has 0 bridgehead atoms. The van der Waals surface area contributed by atoms with Crippen LogP contribution < -0.4 is 15.4 Å². The summed E-state index contributed by atoms with van der Waals surface area (Å²) in [7, 11) is 0. The van der Waals surface area contributed by atoms with Crippen molar-refractivity contribution in [2.75, 3.05) is 17.2 Å². The van der Waals surface area contributed by atoms with E-state index in [1.54, 1.807) is 19.9 Å². The summed E-state index contributed by atoms with van der Waals surface area (Å²) in [5.41, 5.74) is -1.09. The molecule has 2 aromatic rings. The van der Waals surface area contributed by atoms with E-state index in [1.165, 1.54) is 43.3 Å². The van der Waals surface area contributed by atoms with Gasteiger partial charge in [0.2, 0.25) is 0 Å². The Labute approximate surface area is 195 Å². The number of hydrogen-bond acceptors (Lipinski definition) is 6. The molecule has 0 aliphatic heterocycles. The van der Waals surface area contributed by atoms with Gasteiger partial charge in [-0.1, -0.05) is 18.2 Å². The molecular weight excluding hydrogens is 446 g/mol. The molecule has 0 atom stereocenters. The SMILES string of the molecule is CC(=N)/C=C(/C(=O)Nc1ccc(C(C)(C)O)cc1C#N)C(=O)Nc1ccccc1OCC(F)F. The molecule has 10 heteroatoms. The Balaban J connectivity index is 2.31. The largest absolute Gasteiger partial charge is 0.485 e.